The number of halogens is 1. The van der Waals surface area contributed by atoms with Crippen LogP contribution in [0.5, 0.6) is 5.75 Å². The van der Waals surface area contributed by atoms with E-state index in [2.05, 4.69) is 52.8 Å². The summed E-state index contributed by atoms with van der Waals surface area (Å²) in [5.74, 6) is 0.701. The first-order chi connectivity index (χ1) is 16.8. The van der Waals surface area contributed by atoms with Crippen LogP contribution in [0, 0.1) is 0 Å². The van der Waals surface area contributed by atoms with Gasteiger partial charge in [-0.2, -0.15) is 5.10 Å². The third-order valence-corrected chi connectivity index (χ3v) is 11.0. The highest BCUT2D eigenvalue weighted by Gasteiger charge is 2.40. The van der Waals surface area contributed by atoms with E-state index >= 15 is 0 Å². The minimum atomic E-state index is -2.10. The van der Waals surface area contributed by atoms with Crippen LogP contribution in [-0.4, -0.2) is 54.5 Å². The van der Waals surface area contributed by atoms with Crippen LogP contribution >= 0.6 is 11.6 Å². The second kappa shape index (κ2) is 11.2. The molecular formula is C26H37ClN4O4Si. The maximum Gasteiger partial charge on any atom is 0.432 e. The molecule has 196 valence electrons. The number of carbonyl (C=O) groups is 1. The first-order valence-electron chi connectivity index (χ1n) is 12.2. The highest BCUT2D eigenvalue weighted by atomic mass is 35.5. The van der Waals surface area contributed by atoms with Crippen molar-refractivity contribution in [1.29, 1.82) is 0 Å². The maximum atomic E-state index is 12.3. The van der Waals surface area contributed by atoms with Gasteiger partial charge in [-0.1, -0.05) is 44.5 Å². The normalized spacial score (nSPS) is 12.3. The topological polar surface area (TPSA) is 78.7 Å². The number of ether oxygens (including phenoxy) is 2. The van der Waals surface area contributed by atoms with E-state index in [9.17, 15) is 4.79 Å². The SMILES string of the molecule is CC(C)n1ncc2c(Cl)cc(-c3cccc(OCCCOC(=O)N(C)O[Si](C)(C)C(C)(C)C)c3)nc21. The largest absolute Gasteiger partial charge is 0.493 e. The molecule has 0 unspecified atom stereocenters. The van der Waals surface area contributed by atoms with Crippen molar-refractivity contribution in [3.63, 3.8) is 0 Å². The molecule has 0 aliphatic rings. The Balaban J connectivity index is 1.55. The Bertz CT molecular complexity index is 1210. The summed E-state index contributed by atoms with van der Waals surface area (Å²) in [6, 6.07) is 9.70. The first kappa shape index (κ1) is 28.0. The summed E-state index contributed by atoms with van der Waals surface area (Å²) in [5, 5.41) is 7.06. The van der Waals surface area contributed by atoms with Gasteiger partial charge in [0.2, 0.25) is 8.32 Å². The van der Waals surface area contributed by atoms with Crippen LogP contribution in [0.1, 0.15) is 47.1 Å². The average molecular weight is 533 g/mol. The van der Waals surface area contributed by atoms with Gasteiger partial charge in [0.15, 0.2) is 5.65 Å². The molecule has 3 aromatic rings. The Hall–Kier alpha value is -2.62. The Labute approximate surface area is 219 Å². The van der Waals surface area contributed by atoms with E-state index in [1.165, 1.54) is 5.06 Å². The third-order valence-electron chi connectivity index (χ3n) is 6.35. The number of hydrogen-bond donors (Lipinski definition) is 0. The smallest absolute Gasteiger partial charge is 0.432 e. The summed E-state index contributed by atoms with van der Waals surface area (Å²) in [7, 11) is -0.511. The Kier molecular flexibility index (Phi) is 8.69. The van der Waals surface area contributed by atoms with E-state index in [0.29, 0.717) is 23.8 Å². The Morgan fingerprint density at radius 1 is 1.19 bits per heavy atom. The van der Waals surface area contributed by atoms with E-state index in [-0.39, 0.29) is 17.7 Å². The zero-order valence-corrected chi connectivity index (χ0v) is 24.2. The predicted octanol–water partition coefficient (Wildman–Crippen LogP) is 7.11. The van der Waals surface area contributed by atoms with Crippen LogP contribution in [0.4, 0.5) is 4.79 Å². The fourth-order valence-electron chi connectivity index (χ4n) is 3.27. The highest BCUT2D eigenvalue weighted by molar-refractivity contribution is 6.74. The number of nitrogens with zero attached hydrogens (tertiary/aromatic N) is 4. The van der Waals surface area contributed by atoms with Crippen LogP contribution in [0.2, 0.25) is 23.2 Å². The van der Waals surface area contributed by atoms with Crippen LogP contribution in [0.3, 0.4) is 0 Å². The van der Waals surface area contributed by atoms with Crippen molar-refractivity contribution in [2.45, 2.75) is 65.2 Å². The molecule has 0 saturated carbocycles. The minimum Gasteiger partial charge on any atom is -0.493 e. The van der Waals surface area contributed by atoms with Gasteiger partial charge in [0.1, 0.15) is 5.75 Å². The molecule has 0 spiro atoms. The van der Waals surface area contributed by atoms with E-state index in [1.807, 2.05) is 35.0 Å². The fourth-order valence-corrected chi connectivity index (χ4v) is 4.54. The van der Waals surface area contributed by atoms with Crippen molar-refractivity contribution in [3.8, 4) is 17.0 Å². The van der Waals surface area contributed by atoms with Crippen molar-refractivity contribution in [3.05, 3.63) is 41.6 Å². The molecule has 1 aromatic carbocycles. The number of benzene rings is 1. The number of rotatable bonds is 9. The molecule has 8 nitrogen and oxygen atoms in total. The molecule has 10 heteroatoms. The molecule has 2 aromatic heterocycles. The molecule has 0 atom stereocenters. The Morgan fingerprint density at radius 2 is 1.92 bits per heavy atom. The quantitative estimate of drug-likeness (QED) is 0.166. The van der Waals surface area contributed by atoms with Crippen LogP contribution in [-0.2, 0) is 9.26 Å². The number of aromatic nitrogens is 3. The summed E-state index contributed by atoms with van der Waals surface area (Å²) in [4.78, 5) is 17.1. The van der Waals surface area contributed by atoms with Crippen molar-refractivity contribution in [1.82, 2.24) is 19.8 Å². The van der Waals surface area contributed by atoms with E-state index in [1.54, 1.807) is 13.2 Å². The molecule has 0 saturated heterocycles. The lowest BCUT2D eigenvalue weighted by Crippen LogP contribution is -2.47. The molecule has 0 aliphatic heterocycles. The zero-order chi connectivity index (χ0) is 26.7. The molecule has 0 fully saturated rings. The molecule has 2 heterocycles. The van der Waals surface area contributed by atoms with Crippen LogP contribution in [0.25, 0.3) is 22.3 Å². The zero-order valence-electron chi connectivity index (χ0n) is 22.5. The summed E-state index contributed by atoms with van der Waals surface area (Å²) < 4.78 is 19.0. The molecule has 1 amide bonds. The first-order valence-corrected chi connectivity index (χ1v) is 15.5. The molecule has 36 heavy (non-hydrogen) atoms. The summed E-state index contributed by atoms with van der Waals surface area (Å²) in [5.41, 5.74) is 2.39. The van der Waals surface area contributed by atoms with Gasteiger partial charge in [-0.15, -0.1) is 0 Å². The molecule has 0 aliphatic carbocycles. The van der Waals surface area contributed by atoms with Gasteiger partial charge < -0.3 is 14.0 Å². The number of amides is 1. The second-order valence-corrected chi connectivity index (χ2v) is 15.7. The molecule has 0 radical (unpaired) electrons. The number of fused-ring (bicyclic) bond motifs is 1. The summed E-state index contributed by atoms with van der Waals surface area (Å²) >= 11 is 6.52. The minimum absolute atomic E-state index is 0.00778. The van der Waals surface area contributed by atoms with Gasteiger partial charge in [-0.3, -0.25) is 0 Å². The second-order valence-electron chi connectivity index (χ2n) is 10.6. The van der Waals surface area contributed by atoms with Crippen LogP contribution in [0.15, 0.2) is 36.5 Å². The summed E-state index contributed by atoms with van der Waals surface area (Å²) in [6.45, 7) is 15.3. The molecule has 0 N–H and O–H groups in total. The predicted molar refractivity (Wildman–Crippen MR) is 146 cm³/mol. The maximum absolute atomic E-state index is 12.3. The lowest BCUT2D eigenvalue weighted by atomic mass is 10.1. The number of hydrogen-bond acceptors (Lipinski definition) is 6. The lowest BCUT2D eigenvalue weighted by Gasteiger charge is -2.37. The number of pyridine rings is 1. The van der Waals surface area contributed by atoms with E-state index < -0.39 is 14.4 Å². The van der Waals surface area contributed by atoms with E-state index in [4.69, 9.17) is 30.6 Å². The number of hydroxylamine groups is 2. The number of carbonyl (C=O) groups excluding carboxylic acids is 1. The summed E-state index contributed by atoms with van der Waals surface area (Å²) in [6.07, 6.45) is 1.80. The molecular weight excluding hydrogens is 496 g/mol. The highest BCUT2D eigenvalue weighted by Crippen LogP contribution is 2.37. The average Bonchev–Trinajstić information content (AvgIpc) is 3.23. The standard InChI is InChI=1S/C26H37ClN4O4Si/c1-18(2)31-24-21(17-28-31)22(27)16-23(29-24)19-11-9-12-20(15-19)33-13-10-14-34-25(32)30(6)35-36(7,8)26(3,4)5/h9,11-12,15-18H,10,13-14H2,1-8H3. The van der Waals surface area contributed by atoms with Crippen molar-refractivity contribution in [2.75, 3.05) is 20.3 Å². The van der Waals surface area contributed by atoms with Gasteiger partial charge in [-0.05, 0) is 50.2 Å². The fraction of sp³-hybridized carbons (Fsp3) is 0.500. The van der Waals surface area contributed by atoms with Gasteiger partial charge in [0.25, 0.3) is 0 Å². The van der Waals surface area contributed by atoms with Crippen LogP contribution < -0.4 is 4.74 Å². The molecule has 0 bridgehead atoms. The van der Waals surface area contributed by atoms with E-state index in [0.717, 1.165) is 22.3 Å². The lowest BCUT2D eigenvalue weighted by molar-refractivity contribution is -0.0404. The van der Waals surface area contributed by atoms with Gasteiger partial charge in [-0.25, -0.2) is 19.5 Å². The monoisotopic (exact) mass is 532 g/mol. The Morgan fingerprint density at radius 3 is 2.58 bits per heavy atom. The van der Waals surface area contributed by atoms with Crippen molar-refractivity contribution < 1.29 is 18.8 Å². The molecule has 3 rings (SSSR count). The van der Waals surface area contributed by atoms with Crippen molar-refractivity contribution >= 4 is 37.0 Å². The van der Waals surface area contributed by atoms with Gasteiger partial charge in [0.05, 0.1) is 35.5 Å². The van der Waals surface area contributed by atoms with Gasteiger partial charge in [0, 0.05) is 25.1 Å². The third kappa shape index (κ3) is 6.57. The van der Waals surface area contributed by atoms with Crippen molar-refractivity contribution in [2.24, 2.45) is 0 Å². The van der Waals surface area contributed by atoms with Gasteiger partial charge >= 0.3 is 6.09 Å².